The summed E-state index contributed by atoms with van der Waals surface area (Å²) in [7, 11) is -2.26. The molecule has 0 aliphatic rings. The molecule has 0 aromatic carbocycles. The Morgan fingerprint density at radius 2 is 1.86 bits per heavy atom. The molecule has 0 fully saturated rings. The molecule has 0 bridgehead atoms. The summed E-state index contributed by atoms with van der Waals surface area (Å²) in [6, 6.07) is 0. The Kier molecular flexibility index (Phi) is 7.76. The molecule has 0 spiro atoms. The van der Waals surface area contributed by atoms with Gasteiger partial charge < -0.3 is 0 Å². The zero-order chi connectivity index (χ0) is 11.0. The van der Waals surface area contributed by atoms with E-state index in [1.165, 1.54) is 12.5 Å². The van der Waals surface area contributed by atoms with Crippen molar-refractivity contribution in [2.75, 3.05) is 35.5 Å². The number of carbonyl (C=O) groups is 1. The maximum absolute atomic E-state index is 11.1. The second-order valence-electron chi connectivity index (χ2n) is 2.92. The summed E-state index contributed by atoms with van der Waals surface area (Å²) in [5.41, 5.74) is 0. The van der Waals surface area contributed by atoms with Gasteiger partial charge in [-0.2, -0.15) is 27.9 Å². The standard InChI is InChI=1S/C8H17NO2S3/c1-4-12-5-6-13-7-8(10)9-14(2,3)11/h4-7H2,1-3H3. The highest BCUT2D eigenvalue weighted by atomic mass is 32.2. The van der Waals surface area contributed by atoms with Gasteiger partial charge in [-0.05, 0) is 5.75 Å². The smallest absolute Gasteiger partial charge is 0.263 e. The van der Waals surface area contributed by atoms with E-state index in [-0.39, 0.29) is 5.91 Å². The van der Waals surface area contributed by atoms with E-state index in [0.29, 0.717) is 5.75 Å². The molecule has 84 valence electrons. The molecule has 0 aliphatic heterocycles. The summed E-state index contributed by atoms with van der Waals surface area (Å²) in [6.07, 6.45) is 2.95. The predicted molar refractivity (Wildman–Crippen MR) is 67.7 cm³/mol. The van der Waals surface area contributed by atoms with Crippen LogP contribution in [-0.2, 0) is 14.5 Å². The minimum atomic E-state index is -2.26. The molecule has 0 saturated heterocycles. The highest BCUT2D eigenvalue weighted by Gasteiger charge is 2.01. The SMILES string of the molecule is CCSCCSCC(=O)N=S(C)(C)=O. The van der Waals surface area contributed by atoms with Gasteiger partial charge >= 0.3 is 0 Å². The number of rotatable bonds is 6. The Hall–Kier alpha value is 0.320. The molecule has 14 heavy (non-hydrogen) atoms. The number of hydrogen-bond donors (Lipinski definition) is 0. The minimum absolute atomic E-state index is 0.258. The van der Waals surface area contributed by atoms with Gasteiger partial charge in [-0.15, -0.1) is 0 Å². The monoisotopic (exact) mass is 255 g/mol. The first kappa shape index (κ1) is 14.3. The summed E-state index contributed by atoms with van der Waals surface area (Å²) in [4.78, 5) is 11.1. The van der Waals surface area contributed by atoms with Crippen LogP contribution in [-0.4, -0.2) is 45.6 Å². The lowest BCUT2D eigenvalue weighted by atomic mass is 10.8. The van der Waals surface area contributed by atoms with E-state index in [1.807, 2.05) is 11.8 Å². The quantitative estimate of drug-likeness (QED) is 0.678. The van der Waals surface area contributed by atoms with E-state index < -0.39 is 9.73 Å². The van der Waals surface area contributed by atoms with Crippen molar-refractivity contribution in [1.29, 1.82) is 0 Å². The molecule has 0 aromatic heterocycles. The van der Waals surface area contributed by atoms with Crippen LogP contribution in [0.2, 0.25) is 0 Å². The summed E-state index contributed by atoms with van der Waals surface area (Å²) in [5.74, 6) is 3.21. The van der Waals surface area contributed by atoms with Gasteiger partial charge in [0.2, 0.25) is 0 Å². The summed E-state index contributed by atoms with van der Waals surface area (Å²) in [5, 5.41) is 0. The summed E-state index contributed by atoms with van der Waals surface area (Å²) < 4.78 is 14.7. The van der Waals surface area contributed by atoms with Gasteiger partial charge in [-0.3, -0.25) is 4.79 Å². The first-order valence-electron chi connectivity index (χ1n) is 4.31. The highest BCUT2D eigenvalue weighted by Crippen LogP contribution is 2.06. The maximum Gasteiger partial charge on any atom is 0.263 e. The van der Waals surface area contributed by atoms with E-state index in [1.54, 1.807) is 11.8 Å². The van der Waals surface area contributed by atoms with Crippen molar-refractivity contribution in [3.63, 3.8) is 0 Å². The van der Waals surface area contributed by atoms with Gasteiger partial charge in [0.05, 0.1) is 5.75 Å². The number of hydrogen-bond acceptors (Lipinski definition) is 4. The van der Waals surface area contributed by atoms with Gasteiger partial charge in [-0.1, -0.05) is 6.92 Å². The molecule has 0 aliphatic carbocycles. The first-order chi connectivity index (χ1) is 6.45. The zero-order valence-electron chi connectivity index (χ0n) is 8.82. The molecule has 3 nitrogen and oxygen atoms in total. The molecule has 0 unspecified atom stereocenters. The van der Waals surface area contributed by atoms with Crippen LogP contribution < -0.4 is 0 Å². The van der Waals surface area contributed by atoms with Crippen LogP contribution in [0.3, 0.4) is 0 Å². The van der Waals surface area contributed by atoms with Crippen LogP contribution in [0.5, 0.6) is 0 Å². The fourth-order valence-electron chi connectivity index (χ4n) is 0.693. The molecular formula is C8H17NO2S3. The largest absolute Gasteiger partial charge is 0.271 e. The van der Waals surface area contributed by atoms with Crippen LogP contribution in [0.4, 0.5) is 0 Å². The predicted octanol–water partition coefficient (Wildman–Crippen LogP) is 1.73. The van der Waals surface area contributed by atoms with Crippen molar-refractivity contribution in [1.82, 2.24) is 0 Å². The first-order valence-corrected chi connectivity index (χ1v) is 8.95. The number of amides is 1. The Bertz CT molecular complexity index is 274. The second-order valence-corrected chi connectivity index (χ2v) is 7.96. The van der Waals surface area contributed by atoms with Crippen molar-refractivity contribution in [2.45, 2.75) is 6.92 Å². The van der Waals surface area contributed by atoms with Crippen molar-refractivity contribution >= 4 is 39.2 Å². The van der Waals surface area contributed by atoms with E-state index in [4.69, 9.17) is 0 Å². The number of nitrogens with zero attached hydrogens (tertiary/aromatic N) is 1. The normalized spacial score (nSPS) is 11.4. The van der Waals surface area contributed by atoms with E-state index >= 15 is 0 Å². The molecule has 0 heterocycles. The average molecular weight is 255 g/mol. The van der Waals surface area contributed by atoms with Crippen molar-refractivity contribution in [2.24, 2.45) is 4.36 Å². The van der Waals surface area contributed by atoms with Crippen molar-refractivity contribution < 1.29 is 9.00 Å². The lowest BCUT2D eigenvalue weighted by Crippen LogP contribution is -2.03. The van der Waals surface area contributed by atoms with E-state index in [2.05, 4.69) is 11.3 Å². The van der Waals surface area contributed by atoms with Crippen LogP contribution >= 0.6 is 23.5 Å². The van der Waals surface area contributed by atoms with Crippen molar-refractivity contribution in [3.8, 4) is 0 Å². The van der Waals surface area contributed by atoms with Crippen molar-refractivity contribution in [3.05, 3.63) is 0 Å². The third kappa shape index (κ3) is 10.4. The summed E-state index contributed by atoms with van der Waals surface area (Å²) in [6.45, 7) is 2.11. The number of carbonyl (C=O) groups excluding carboxylic acids is 1. The highest BCUT2D eigenvalue weighted by molar-refractivity contribution is 8.03. The molecule has 1 amide bonds. The Balaban J connectivity index is 3.61. The van der Waals surface area contributed by atoms with Gasteiger partial charge in [0.25, 0.3) is 5.91 Å². The van der Waals surface area contributed by atoms with Gasteiger partial charge in [-0.25, -0.2) is 4.21 Å². The van der Waals surface area contributed by atoms with Crippen LogP contribution in [0.15, 0.2) is 4.36 Å². The van der Waals surface area contributed by atoms with E-state index in [0.717, 1.165) is 17.3 Å². The molecule has 0 N–H and O–H groups in total. The molecular weight excluding hydrogens is 238 g/mol. The third-order valence-electron chi connectivity index (χ3n) is 1.12. The molecule has 6 heteroatoms. The lowest BCUT2D eigenvalue weighted by molar-refractivity contribution is -0.115. The van der Waals surface area contributed by atoms with Gasteiger partial charge in [0, 0.05) is 33.7 Å². The minimum Gasteiger partial charge on any atom is -0.271 e. The maximum atomic E-state index is 11.1. The second kappa shape index (κ2) is 7.59. The van der Waals surface area contributed by atoms with Gasteiger partial charge in [0.1, 0.15) is 0 Å². The molecule has 0 saturated carbocycles. The van der Waals surface area contributed by atoms with Crippen LogP contribution in [0.1, 0.15) is 6.92 Å². The molecule has 0 rings (SSSR count). The average Bonchev–Trinajstić information content (AvgIpc) is 2.00. The fraction of sp³-hybridized carbons (Fsp3) is 0.875. The third-order valence-corrected chi connectivity index (χ3v) is 3.87. The Labute approximate surface area is 95.0 Å². The van der Waals surface area contributed by atoms with Crippen LogP contribution in [0.25, 0.3) is 0 Å². The summed E-state index contributed by atoms with van der Waals surface area (Å²) >= 11 is 3.41. The number of thioether (sulfide) groups is 2. The molecule has 0 aromatic rings. The van der Waals surface area contributed by atoms with Gasteiger partial charge in [0.15, 0.2) is 0 Å². The topological polar surface area (TPSA) is 46.5 Å². The Morgan fingerprint density at radius 3 is 2.36 bits per heavy atom. The van der Waals surface area contributed by atoms with Crippen LogP contribution in [0, 0.1) is 0 Å². The Morgan fingerprint density at radius 1 is 1.29 bits per heavy atom. The zero-order valence-corrected chi connectivity index (χ0v) is 11.3. The molecule has 0 atom stereocenters. The molecule has 0 radical (unpaired) electrons. The lowest BCUT2D eigenvalue weighted by Gasteiger charge is -1.98. The fourth-order valence-corrected chi connectivity index (χ4v) is 2.94. The van der Waals surface area contributed by atoms with E-state index in [9.17, 15) is 9.00 Å².